The average molecular weight is 401 g/mol. The Hall–Kier alpha value is -2.18. The molecule has 1 fully saturated rings. The Balaban J connectivity index is 1.86. The Kier molecular flexibility index (Phi) is 6.86. The lowest BCUT2D eigenvalue weighted by Crippen LogP contribution is -2.42. The summed E-state index contributed by atoms with van der Waals surface area (Å²) in [6.45, 7) is 7.45. The molecule has 1 amide bonds. The molecule has 0 aliphatic carbocycles. The van der Waals surface area contributed by atoms with Crippen LogP contribution in [0.1, 0.15) is 49.0 Å². The Morgan fingerprint density at radius 3 is 2.68 bits per heavy atom. The quantitative estimate of drug-likeness (QED) is 0.713. The summed E-state index contributed by atoms with van der Waals surface area (Å²) >= 11 is 1.43. The normalized spacial score (nSPS) is 17.3. The largest absolute Gasteiger partial charge is 0.462 e. The van der Waals surface area contributed by atoms with Crippen molar-refractivity contribution in [3.05, 3.63) is 41.5 Å². The van der Waals surface area contributed by atoms with E-state index >= 15 is 0 Å². The number of thiophene rings is 1. The van der Waals surface area contributed by atoms with Crippen molar-refractivity contribution in [2.75, 3.05) is 25.0 Å². The summed E-state index contributed by atoms with van der Waals surface area (Å²) in [5, 5.41) is 3.56. The number of hydrogen-bond acceptors (Lipinski definition) is 5. The minimum atomic E-state index is -0.389. The van der Waals surface area contributed by atoms with Crippen LogP contribution >= 0.6 is 11.3 Å². The van der Waals surface area contributed by atoms with E-state index in [9.17, 15) is 9.59 Å². The first-order valence-electron chi connectivity index (χ1n) is 9.91. The SMILES string of the molecule is CCOC(=O)c1c(NC(=O)CN2CCCC[C@@H]2C)sc(-c2ccccc2)c1C. The number of amides is 1. The minimum absolute atomic E-state index is 0.0832. The van der Waals surface area contributed by atoms with Crippen molar-refractivity contribution < 1.29 is 14.3 Å². The third-order valence-electron chi connectivity index (χ3n) is 5.20. The van der Waals surface area contributed by atoms with Gasteiger partial charge in [-0.1, -0.05) is 36.8 Å². The van der Waals surface area contributed by atoms with E-state index in [1.54, 1.807) is 6.92 Å². The number of anilines is 1. The van der Waals surface area contributed by atoms with Crippen molar-refractivity contribution in [2.45, 2.75) is 46.1 Å². The predicted molar refractivity (Wildman–Crippen MR) is 114 cm³/mol. The Bertz CT molecular complexity index is 832. The van der Waals surface area contributed by atoms with Crippen molar-refractivity contribution in [1.29, 1.82) is 0 Å². The van der Waals surface area contributed by atoms with Crippen molar-refractivity contribution in [3.63, 3.8) is 0 Å². The molecule has 6 heteroatoms. The van der Waals surface area contributed by atoms with Crippen LogP contribution in [-0.2, 0) is 9.53 Å². The number of carbonyl (C=O) groups is 2. The molecule has 3 rings (SSSR count). The van der Waals surface area contributed by atoms with Gasteiger partial charge in [-0.3, -0.25) is 9.69 Å². The Morgan fingerprint density at radius 1 is 1.25 bits per heavy atom. The van der Waals surface area contributed by atoms with Crippen molar-refractivity contribution >= 4 is 28.2 Å². The second kappa shape index (κ2) is 9.34. The molecule has 1 aromatic heterocycles. The Labute approximate surface area is 170 Å². The zero-order valence-electron chi connectivity index (χ0n) is 16.8. The molecule has 5 nitrogen and oxygen atoms in total. The van der Waals surface area contributed by atoms with E-state index in [1.165, 1.54) is 17.8 Å². The fourth-order valence-electron chi connectivity index (χ4n) is 3.66. The van der Waals surface area contributed by atoms with Crippen LogP contribution in [0.4, 0.5) is 5.00 Å². The molecule has 28 heavy (non-hydrogen) atoms. The maximum atomic E-state index is 12.7. The molecule has 0 radical (unpaired) electrons. The number of ether oxygens (including phenoxy) is 1. The number of rotatable bonds is 6. The van der Waals surface area contributed by atoms with Gasteiger partial charge in [-0.05, 0) is 51.3 Å². The van der Waals surface area contributed by atoms with Gasteiger partial charge in [0.1, 0.15) is 5.00 Å². The molecule has 1 aliphatic rings. The summed E-state index contributed by atoms with van der Waals surface area (Å²) in [6, 6.07) is 10.3. The van der Waals surface area contributed by atoms with E-state index in [0.717, 1.165) is 35.4 Å². The van der Waals surface area contributed by atoms with Crippen LogP contribution in [0.15, 0.2) is 30.3 Å². The number of esters is 1. The zero-order valence-corrected chi connectivity index (χ0v) is 17.6. The highest BCUT2D eigenvalue weighted by Gasteiger charge is 2.26. The van der Waals surface area contributed by atoms with Crippen molar-refractivity contribution in [2.24, 2.45) is 0 Å². The molecular weight excluding hydrogens is 372 g/mol. The molecule has 1 atom stereocenters. The summed E-state index contributed by atoms with van der Waals surface area (Å²) < 4.78 is 5.25. The molecule has 1 aliphatic heterocycles. The molecule has 150 valence electrons. The van der Waals surface area contributed by atoms with Gasteiger partial charge in [0.25, 0.3) is 0 Å². The number of hydrogen-bond donors (Lipinski definition) is 1. The van der Waals surface area contributed by atoms with Crippen molar-refractivity contribution in [1.82, 2.24) is 4.90 Å². The molecule has 0 bridgehead atoms. The summed E-state index contributed by atoms with van der Waals surface area (Å²) in [4.78, 5) is 28.5. The van der Waals surface area contributed by atoms with Crippen LogP contribution < -0.4 is 5.32 Å². The summed E-state index contributed by atoms with van der Waals surface area (Å²) in [5.74, 6) is -0.472. The number of nitrogens with zero attached hydrogens (tertiary/aromatic N) is 1. The van der Waals surface area contributed by atoms with E-state index in [1.807, 2.05) is 37.3 Å². The van der Waals surface area contributed by atoms with Crippen LogP contribution in [0.2, 0.25) is 0 Å². The lowest BCUT2D eigenvalue weighted by Gasteiger charge is -2.32. The second-order valence-electron chi connectivity index (χ2n) is 7.21. The minimum Gasteiger partial charge on any atom is -0.462 e. The fraction of sp³-hybridized carbons (Fsp3) is 0.455. The van der Waals surface area contributed by atoms with Crippen LogP contribution in [0.3, 0.4) is 0 Å². The molecule has 1 aromatic carbocycles. The van der Waals surface area contributed by atoms with Gasteiger partial charge >= 0.3 is 5.97 Å². The molecule has 2 aromatic rings. The number of piperidine rings is 1. The van der Waals surface area contributed by atoms with Crippen molar-refractivity contribution in [3.8, 4) is 10.4 Å². The van der Waals surface area contributed by atoms with Gasteiger partial charge in [-0.25, -0.2) is 4.79 Å². The monoisotopic (exact) mass is 400 g/mol. The lowest BCUT2D eigenvalue weighted by atomic mass is 10.0. The van der Waals surface area contributed by atoms with Gasteiger partial charge in [0, 0.05) is 10.9 Å². The third kappa shape index (κ3) is 4.62. The molecule has 1 N–H and O–H groups in total. The van der Waals surface area contributed by atoms with Gasteiger partial charge in [0.15, 0.2) is 0 Å². The maximum absolute atomic E-state index is 12.7. The molecular formula is C22H28N2O3S. The van der Waals surface area contributed by atoms with Crippen LogP contribution in [0.25, 0.3) is 10.4 Å². The second-order valence-corrected chi connectivity index (χ2v) is 8.23. The third-order valence-corrected chi connectivity index (χ3v) is 6.46. The zero-order chi connectivity index (χ0) is 20.1. The van der Waals surface area contributed by atoms with Gasteiger partial charge in [0.2, 0.25) is 5.91 Å². The topological polar surface area (TPSA) is 58.6 Å². The molecule has 0 saturated carbocycles. The summed E-state index contributed by atoms with van der Waals surface area (Å²) in [5.41, 5.74) is 2.34. The molecule has 0 spiro atoms. The van der Waals surface area contributed by atoms with E-state index in [4.69, 9.17) is 4.74 Å². The Morgan fingerprint density at radius 2 is 2.00 bits per heavy atom. The first-order chi connectivity index (χ1) is 13.5. The summed E-state index contributed by atoms with van der Waals surface area (Å²) in [6.07, 6.45) is 3.47. The van der Waals surface area contributed by atoms with E-state index in [2.05, 4.69) is 17.1 Å². The smallest absolute Gasteiger partial charge is 0.341 e. The first kappa shape index (κ1) is 20.6. The van der Waals surface area contributed by atoms with Gasteiger partial charge in [-0.2, -0.15) is 0 Å². The van der Waals surface area contributed by atoms with E-state index in [0.29, 0.717) is 29.8 Å². The summed E-state index contributed by atoms with van der Waals surface area (Å²) in [7, 11) is 0. The highest BCUT2D eigenvalue weighted by molar-refractivity contribution is 7.20. The molecule has 0 unspecified atom stereocenters. The number of likely N-dealkylation sites (tertiary alicyclic amines) is 1. The van der Waals surface area contributed by atoms with Gasteiger partial charge < -0.3 is 10.1 Å². The fourth-order valence-corrected chi connectivity index (χ4v) is 4.88. The van der Waals surface area contributed by atoms with Gasteiger partial charge in [0.05, 0.1) is 18.7 Å². The van der Waals surface area contributed by atoms with E-state index in [-0.39, 0.29) is 11.9 Å². The number of carbonyl (C=O) groups excluding carboxylic acids is 2. The average Bonchev–Trinajstić information content (AvgIpc) is 3.00. The number of benzene rings is 1. The number of nitrogens with one attached hydrogen (secondary N) is 1. The highest BCUT2D eigenvalue weighted by Crippen LogP contribution is 2.40. The molecule has 2 heterocycles. The van der Waals surface area contributed by atoms with Crippen LogP contribution in [0.5, 0.6) is 0 Å². The highest BCUT2D eigenvalue weighted by atomic mass is 32.1. The standard InChI is InChI=1S/C22H28N2O3S/c1-4-27-22(26)19-16(3)20(17-11-6-5-7-12-17)28-21(19)23-18(25)14-24-13-9-8-10-15(24)2/h5-7,11-12,15H,4,8-10,13-14H2,1-3H3,(H,23,25)/t15-/m0/s1. The maximum Gasteiger partial charge on any atom is 0.341 e. The lowest BCUT2D eigenvalue weighted by molar-refractivity contribution is -0.118. The van der Waals surface area contributed by atoms with Crippen LogP contribution in [0, 0.1) is 6.92 Å². The predicted octanol–water partition coefficient (Wildman–Crippen LogP) is 4.71. The molecule has 1 saturated heterocycles. The van der Waals surface area contributed by atoms with Gasteiger partial charge in [-0.15, -0.1) is 11.3 Å². The first-order valence-corrected chi connectivity index (χ1v) is 10.7. The van der Waals surface area contributed by atoms with E-state index < -0.39 is 0 Å². The van der Waals surface area contributed by atoms with Crippen LogP contribution in [-0.4, -0.2) is 42.5 Å².